The van der Waals surface area contributed by atoms with Gasteiger partial charge in [0.05, 0.1) is 6.54 Å². The molecular weight excluding hydrogens is 174 g/mol. The summed E-state index contributed by atoms with van der Waals surface area (Å²) in [7, 11) is 1.79. The Morgan fingerprint density at radius 2 is 2.14 bits per heavy atom. The van der Waals surface area contributed by atoms with Crippen molar-refractivity contribution < 1.29 is 0 Å². The SMILES string of the molecule is CCCC=NC(CNCC(C)C)=NC. The first-order valence-corrected chi connectivity index (χ1v) is 5.39. The molecule has 0 aliphatic rings. The lowest BCUT2D eigenvalue weighted by molar-refractivity contribution is 0.581. The van der Waals surface area contributed by atoms with Crippen LogP contribution in [0, 0.1) is 5.92 Å². The van der Waals surface area contributed by atoms with E-state index in [4.69, 9.17) is 0 Å². The molecule has 0 amide bonds. The summed E-state index contributed by atoms with van der Waals surface area (Å²) in [5.74, 6) is 1.56. The van der Waals surface area contributed by atoms with E-state index >= 15 is 0 Å². The summed E-state index contributed by atoms with van der Waals surface area (Å²) >= 11 is 0. The summed E-state index contributed by atoms with van der Waals surface area (Å²) in [6, 6.07) is 0. The lowest BCUT2D eigenvalue weighted by atomic mass is 10.2. The van der Waals surface area contributed by atoms with Gasteiger partial charge < -0.3 is 5.32 Å². The van der Waals surface area contributed by atoms with Crippen molar-refractivity contribution in [3.63, 3.8) is 0 Å². The molecule has 14 heavy (non-hydrogen) atoms. The van der Waals surface area contributed by atoms with Crippen molar-refractivity contribution in [2.75, 3.05) is 20.1 Å². The summed E-state index contributed by atoms with van der Waals surface area (Å²) in [6.07, 6.45) is 4.11. The summed E-state index contributed by atoms with van der Waals surface area (Å²) in [4.78, 5) is 8.40. The van der Waals surface area contributed by atoms with Crippen LogP contribution in [0.25, 0.3) is 0 Å². The van der Waals surface area contributed by atoms with Crippen molar-refractivity contribution in [2.45, 2.75) is 33.6 Å². The van der Waals surface area contributed by atoms with E-state index in [1.165, 1.54) is 0 Å². The van der Waals surface area contributed by atoms with Gasteiger partial charge >= 0.3 is 0 Å². The van der Waals surface area contributed by atoms with Crippen molar-refractivity contribution >= 4 is 12.1 Å². The van der Waals surface area contributed by atoms with Crippen molar-refractivity contribution in [1.29, 1.82) is 0 Å². The molecule has 0 aliphatic heterocycles. The highest BCUT2D eigenvalue weighted by Crippen LogP contribution is 1.88. The van der Waals surface area contributed by atoms with Gasteiger partial charge in [-0.25, -0.2) is 4.99 Å². The maximum Gasteiger partial charge on any atom is 0.136 e. The third kappa shape index (κ3) is 7.92. The molecule has 0 bridgehead atoms. The van der Waals surface area contributed by atoms with Gasteiger partial charge in [0.15, 0.2) is 0 Å². The van der Waals surface area contributed by atoms with Crippen LogP contribution in [0.15, 0.2) is 9.98 Å². The van der Waals surface area contributed by atoms with Gasteiger partial charge in [-0.05, 0) is 18.9 Å². The summed E-state index contributed by atoms with van der Waals surface area (Å²) in [6.45, 7) is 8.31. The zero-order valence-electron chi connectivity index (χ0n) is 9.88. The number of unbranched alkanes of at least 4 members (excludes halogenated alkanes) is 1. The van der Waals surface area contributed by atoms with E-state index in [9.17, 15) is 0 Å². The molecule has 0 aromatic carbocycles. The molecule has 0 radical (unpaired) electrons. The Morgan fingerprint density at radius 1 is 1.43 bits per heavy atom. The highest BCUT2D eigenvalue weighted by molar-refractivity contribution is 5.90. The molecule has 3 nitrogen and oxygen atoms in total. The summed E-state index contributed by atoms with van der Waals surface area (Å²) in [5, 5.41) is 3.32. The molecule has 0 unspecified atom stereocenters. The molecule has 0 saturated carbocycles. The van der Waals surface area contributed by atoms with Crippen LogP contribution < -0.4 is 5.32 Å². The van der Waals surface area contributed by atoms with Gasteiger partial charge in [-0.3, -0.25) is 4.99 Å². The van der Waals surface area contributed by atoms with E-state index in [0.717, 1.165) is 31.8 Å². The van der Waals surface area contributed by atoms with Gasteiger partial charge in [-0.2, -0.15) is 0 Å². The predicted molar refractivity (Wildman–Crippen MR) is 64.5 cm³/mol. The largest absolute Gasteiger partial charge is 0.310 e. The first-order valence-electron chi connectivity index (χ1n) is 5.39. The molecule has 3 heteroatoms. The van der Waals surface area contributed by atoms with Gasteiger partial charge in [0, 0.05) is 13.3 Å². The predicted octanol–water partition coefficient (Wildman–Crippen LogP) is 2.13. The van der Waals surface area contributed by atoms with Crippen LogP contribution in [0.2, 0.25) is 0 Å². The van der Waals surface area contributed by atoms with Crippen molar-refractivity contribution in [1.82, 2.24) is 5.32 Å². The molecule has 0 heterocycles. The lowest BCUT2D eigenvalue weighted by Gasteiger charge is -2.06. The zero-order valence-corrected chi connectivity index (χ0v) is 9.88. The average molecular weight is 197 g/mol. The number of aliphatic imine (C=N–C) groups is 2. The Balaban J connectivity index is 3.70. The van der Waals surface area contributed by atoms with Crippen LogP contribution in [0.4, 0.5) is 0 Å². The molecule has 0 fully saturated rings. The second kappa shape index (κ2) is 8.88. The number of amidine groups is 1. The fourth-order valence-electron chi connectivity index (χ4n) is 0.954. The van der Waals surface area contributed by atoms with Crippen molar-refractivity contribution in [2.24, 2.45) is 15.9 Å². The third-order valence-corrected chi connectivity index (χ3v) is 1.75. The minimum atomic E-state index is 0.674. The third-order valence-electron chi connectivity index (χ3n) is 1.75. The molecule has 0 atom stereocenters. The van der Waals surface area contributed by atoms with E-state index in [0.29, 0.717) is 5.92 Å². The Kier molecular flexibility index (Phi) is 8.43. The smallest absolute Gasteiger partial charge is 0.136 e. The van der Waals surface area contributed by atoms with E-state index in [2.05, 4.69) is 36.1 Å². The zero-order chi connectivity index (χ0) is 10.8. The maximum atomic E-state index is 4.29. The molecule has 0 aliphatic carbocycles. The van der Waals surface area contributed by atoms with Crippen LogP contribution >= 0.6 is 0 Å². The second-order valence-electron chi connectivity index (χ2n) is 3.76. The average Bonchev–Trinajstić information content (AvgIpc) is 2.15. The quantitative estimate of drug-likeness (QED) is 0.514. The van der Waals surface area contributed by atoms with E-state index in [-0.39, 0.29) is 0 Å². The van der Waals surface area contributed by atoms with Gasteiger partial charge in [0.1, 0.15) is 5.84 Å². The number of rotatable bonds is 6. The molecule has 0 aromatic heterocycles. The van der Waals surface area contributed by atoms with E-state index < -0.39 is 0 Å². The molecule has 0 saturated heterocycles. The Hall–Kier alpha value is -0.700. The normalized spacial score (nSPS) is 13.1. The van der Waals surface area contributed by atoms with Crippen molar-refractivity contribution in [3.8, 4) is 0 Å². The van der Waals surface area contributed by atoms with Crippen LogP contribution in [0.3, 0.4) is 0 Å². The van der Waals surface area contributed by atoms with E-state index in [1.807, 2.05) is 6.21 Å². The van der Waals surface area contributed by atoms with Crippen LogP contribution in [-0.4, -0.2) is 32.2 Å². The minimum absolute atomic E-state index is 0.674. The summed E-state index contributed by atoms with van der Waals surface area (Å²) in [5.41, 5.74) is 0. The molecule has 1 N–H and O–H groups in total. The number of nitrogens with one attached hydrogen (secondary N) is 1. The van der Waals surface area contributed by atoms with Crippen LogP contribution in [-0.2, 0) is 0 Å². The maximum absolute atomic E-state index is 4.29. The van der Waals surface area contributed by atoms with Crippen LogP contribution in [0.1, 0.15) is 33.6 Å². The number of hydrogen-bond acceptors (Lipinski definition) is 2. The standard InChI is InChI=1S/C11H23N3/c1-5-6-7-14-11(12-4)9-13-8-10(2)3/h7,10,13H,5-6,8-9H2,1-4H3. The Labute approximate surface area is 87.7 Å². The molecule has 0 rings (SSSR count). The number of nitrogens with zero attached hydrogens (tertiary/aromatic N) is 2. The second-order valence-corrected chi connectivity index (χ2v) is 3.76. The minimum Gasteiger partial charge on any atom is -0.310 e. The molecule has 0 aromatic rings. The highest BCUT2D eigenvalue weighted by atomic mass is 15.0. The molecule has 0 spiro atoms. The monoisotopic (exact) mass is 197 g/mol. The Morgan fingerprint density at radius 3 is 2.64 bits per heavy atom. The first-order chi connectivity index (χ1) is 6.70. The van der Waals surface area contributed by atoms with Gasteiger partial charge in [-0.1, -0.05) is 27.2 Å². The molecular formula is C11H23N3. The lowest BCUT2D eigenvalue weighted by Crippen LogP contribution is -2.25. The fraction of sp³-hybridized carbons (Fsp3) is 0.818. The van der Waals surface area contributed by atoms with Crippen LogP contribution in [0.5, 0.6) is 0 Å². The Bertz CT molecular complexity index is 183. The molecule has 82 valence electrons. The number of hydrogen-bond donors (Lipinski definition) is 1. The summed E-state index contributed by atoms with van der Waals surface area (Å²) < 4.78 is 0. The highest BCUT2D eigenvalue weighted by Gasteiger charge is 1.96. The van der Waals surface area contributed by atoms with Gasteiger partial charge in [-0.15, -0.1) is 0 Å². The van der Waals surface area contributed by atoms with E-state index in [1.54, 1.807) is 7.05 Å². The van der Waals surface area contributed by atoms with Crippen molar-refractivity contribution in [3.05, 3.63) is 0 Å². The fourth-order valence-corrected chi connectivity index (χ4v) is 0.954. The van der Waals surface area contributed by atoms with Gasteiger partial charge in [0.25, 0.3) is 0 Å². The first kappa shape index (κ1) is 13.3. The van der Waals surface area contributed by atoms with Gasteiger partial charge in [0.2, 0.25) is 0 Å². The topological polar surface area (TPSA) is 36.8 Å².